The van der Waals surface area contributed by atoms with Crippen molar-refractivity contribution < 1.29 is 0 Å². The first-order chi connectivity index (χ1) is 8.52. The van der Waals surface area contributed by atoms with Crippen LogP contribution in [0.25, 0.3) is 11.1 Å². The lowest BCUT2D eigenvalue weighted by atomic mass is 10.0. The normalized spacial score (nSPS) is 10.7. The minimum Gasteiger partial charge on any atom is -0.121 e. The van der Waals surface area contributed by atoms with E-state index >= 15 is 0 Å². The van der Waals surface area contributed by atoms with Crippen molar-refractivity contribution in [2.45, 2.75) is 5.88 Å². The molecule has 0 fully saturated rings. The highest BCUT2D eigenvalue weighted by molar-refractivity contribution is 6.44. The fourth-order valence-corrected chi connectivity index (χ4v) is 2.72. The van der Waals surface area contributed by atoms with Crippen molar-refractivity contribution in [3.8, 4) is 11.1 Å². The van der Waals surface area contributed by atoms with Crippen LogP contribution in [-0.2, 0) is 5.88 Å². The molecule has 2 aromatic rings. The fourth-order valence-electron chi connectivity index (χ4n) is 1.59. The van der Waals surface area contributed by atoms with Crippen molar-refractivity contribution in [3.05, 3.63) is 56.0 Å². The van der Waals surface area contributed by atoms with Crippen molar-refractivity contribution in [3.63, 3.8) is 0 Å². The van der Waals surface area contributed by atoms with Crippen LogP contribution >= 0.6 is 58.0 Å². The summed E-state index contributed by atoms with van der Waals surface area (Å²) in [5.74, 6) is 0.339. The third kappa shape index (κ3) is 2.89. The number of hydrogen-bond acceptors (Lipinski definition) is 0. The van der Waals surface area contributed by atoms with Crippen molar-refractivity contribution in [1.82, 2.24) is 0 Å². The number of rotatable bonds is 2. The maximum atomic E-state index is 6.16. The molecule has 0 unspecified atom stereocenters. The van der Waals surface area contributed by atoms with E-state index < -0.39 is 0 Å². The van der Waals surface area contributed by atoms with E-state index in [-0.39, 0.29) is 0 Å². The predicted molar refractivity (Wildman–Crippen MR) is 81.5 cm³/mol. The van der Waals surface area contributed by atoms with Crippen LogP contribution in [0.2, 0.25) is 20.1 Å². The molecule has 2 aromatic carbocycles. The van der Waals surface area contributed by atoms with Gasteiger partial charge in [0.25, 0.3) is 0 Å². The molecule has 0 aromatic heterocycles. The van der Waals surface area contributed by atoms with Gasteiger partial charge in [0.2, 0.25) is 0 Å². The summed E-state index contributed by atoms with van der Waals surface area (Å²) in [6, 6.07) is 8.89. The summed E-state index contributed by atoms with van der Waals surface area (Å²) in [4.78, 5) is 0. The third-order valence-corrected chi connectivity index (χ3v) is 4.20. The largest absolute Gasteiger partial charge is 0.121 e. The van der Waals surface area contributed by atoms with E-state index in [9.17, 15) is 0 Å². The Kier molecular flexibility index (Phi) is 4.69. The molecule has 0 saturated heterocycles. The molecular formula is C13H7Cl5. The summed E-state index contributed by atoms with van der Waals surface area (Å²) in [6.07, 6.45) is 0. The van der Waals surface area contributed by atoms with E-state index in [0.29, 0.717) is 26.0 Å². The Labute approximate surface area is 130 Å². The monoisotopic (exact) mass is 338 g/mol. The second kappa shape index (κ2) is 5.90. The molecule has 0 heterocycles. The highest BCUT2D eigenvalue weighted by Crippen LogP contribution is 2.36. The molecule has 94 valence electrons. The van der Waals surface area contributed by atoms with Crippen LogP contribution in [0.15, 0.2) is 30.3 Å². The van der Waals surface area contributed by atoms with Gasteiger partial charge in [-0.1, -0.05) is 52.5 Å². The van der Waals surface area contributed by atoms with Gasteiger partial charge in [0.15, 0.2) is 0 Å². The van der Waals surface area contributed by atoms with Gasteiger partial charge in [-0.05, 0) is 35.4 Å². The highest BCUT2D eigenvalue weighted by atomic mass is 35.5. The molecule has 0 aliphatic rings. The standard InChI is InChI=1S/C13H7Cl5/c14-6-8-3-7(1-2-10(8)15)9-4-12(17)13(18)5-11(9)16/h1-5H,6H2. The smallest absolute Gasteiger partial charge is 0.0607 e. The van der Waals surface area contributed by atoms with E-state index in [2.05, 4.69) is 0 Å². The van der Waals surface area contributed by atoms with Crippen molar-refractivity contribution in [2.75, 3.05) is 0 Å². The van der Waals surface area contributed by atoms with Gasteiger partial charge in [-0.25, -0.2) is 0 Å². The van der Waals surface area contributed by atoms with Gasteiger partial charge >= 0.3 is 0 Å². The van der Waals surface area contributed by atoms with Gasteiger partial charge in [0, 0.05) is 21.5 Å². The molecule has 18 heavy (non-hydrogen) atoms. The van der Waals surface area contributed by atoms with Crippen molar-refractivity contribution >= 4 is 58.0 Å². The van der Waals surface area contributed by atoms with Crippen LogP contribution in [0.1, 0.15) is 5.56 Å². The Balaban J connectivity index is 2.58. The lowest BCUT2D eigenvalue weighted by Gasteiger charge is -2.09. The molecule has 0 saturated carbocycles. The van der Waals surface area contributed by atoms with E-state index in [1.807, 2.05) is 12.1 Å². The maximum Gasteiger partial charge on any atom is 0.0607 e. The number of hydrogen-bond donors (Lipinski definition) is 0. The van der Waals surface area contributed by atoms with Crippen LogP contribution < -0.4 is 0 Å². The molecule has 0 aliphatic heterocycles. The van der Waals surface area contributed by atoms with Crippen LogP contribution in [0, 0.1) is 0 Å². The molecule has 2 rings (SSSR count). The highest BCUT2D eigenvalue weighted by Gasteiger charge is 2.10. The Bertz CT molecular complexity index is 592. The molecule has 0 atom stereocenters. The second-order valence-electron chi connectivity index (χ2n) is 3.69. The number of benzene rings is 2. The van der Waals surface area contributed by atoms with E-state index in [1.54, 1.807) is 18.2 Å². The Morgan fingerprint density at radius 3 is 2.06 bits per heavy atom. The van der Waals surface area contributed by atoms with Crippen LogP contribution in [0.4, 0.5) is 0 Å². The molecule has 0 aliphatic carbocycles. The van der Waals surface area contributed by atoms with Gasteiger partial charge in [-0.2, -0.15) is 0 Å². The molecular weight excluding hydrogens is 333 g/mol. The Hall–Kier alpha value is -0.110. The lowest BCUT2D eigenvalue weighted by molar-refractivity contribution is 1.40. The predicted octanol–water partition coefficient (Wildman–Crippen LogP) is 6.71. The van der Waals surface area contributed by atoms with Gasteiger partial charge in [-0.3, -0.25) is 0 Å². The van der Waals surface area contributed by atoms with Crippen LogP contribution in [0.3, 0.4) is 0 Å². The summed E-state index contributed by atoms with van der Waals surface area (Å²) in [6.45, 7) is 0. The maximum absolute atomic E-state index is 6.16. The van der Waals surface area contributed by atoms with Crippen molar-refractivity contribution in [2.24, 2.45) is 0 Å². The fraction of sp³-hybridized carbons (Fsp3) is 0.0769. The van der Waals surface area contributed by atoms with E-state index in [1.165, 1.54) is 0 Å². The second-order valence-corrected chi connectivity index (χ2v) is 5.58. The van der Waals surface area contributed by atoms with Gasteiger partial charge in [0.05, 0.1) is 10.0 Å². The molecule has 0 N–H and O–H groups in total. The quantitative estimate of drug-likeness (QED) is 0.421. The minimum atomic E-state index is 0.339. The average molecular weight is 340 g/mol. The van der Waals surface area contributed by atoms with Crippen molar-refractivity contribution in [1.29, 1.82) is 0 Å². The molecule has 5 heteroatoms. The molecule has 0 spiro atoms. The first-order valence-electron chi connectivity index (χ1n) is 5.02. The van der Waals surface area contributed by atoms with Gasteiger partial charge in [0.1, 0.15) is 0 Å². The SMILES string of the molecule is ClCc1cc(-c2cc(Cl)c(Cl)cc2Cl)ccc1Cl. The molecule has 0 radical (unpaired) electrons. The summed E-state index contributed by atoms with van der Waals surface area (Å²) in [7, 11) is 0. The summed E-state index contributed by atoms with van der Waals surface area (Å²) in [5.41, 5.74) is 2.55. The topological polar surface area (TPSA) is 0 Å². The Morgan fingerprint density at radius 1 is 0.722 bits per heavy atom. The van der Waals surface area contributed by atoms with Crippen LogP contribution in [0.5, 0.6) is 0 Å². The molecule has 0 bridgehead atoms. The Morgan fingerprint density at radius 2 is 1.39 bits per heavy atom. The summed E-state index contributed by atoms with van der Waals surface area (Å²) < 4.78 is 0. The minimum absolute atomic E-state index is 0.339. The molecule has 0 nitrogen and oxygen atoms in total. The lowest BCUT2D eigenvalue weighted by Crippen LogP contribution is -1.85. The first-order valence-corrected chi connectivity index (χ1v) is 7.07. The summed E-state index contributed by atoms with van der Waals surface area (Å²) >= 11 is 29.9. The molecule has 0 amide bonds. The third-order valence-electron chi connectivity index (χ3n) is 2.51. The zero-order valence-corrected chi connectivity index (χ0v) is 12.8. The van der Waals surface area contributed by atoms with Gasteiger partial charge < -0.3 is 0 Å². The number of halogens is 5. The van der Waals surface area contributed by atoms with Gasteiger partial charge in [-0.15, -0.1) is 11.6 Å². The number of alkyl halides is 1. The van der Waals surface area contributed by atoms with E-state index in [0.717, 1.165) is 16.7 Å². The summed E-state index contributed by atoms with van der Waals surface area (Å²) in [5, 5.41) is 2.05. The zero-order chi connectivity index (χ0) is 13.3. The average Bonchev–Trinajstić information content (AvgIpc) is 2.35. The zero-order valence-electron chi connectivity index (χ0n) is 8.98. The van der Waals surface area contributed by atoms with Crippen LogP contribution in [-0.4, -0.2) is 0 Å². The van der Waals surface area contributed by atoms with E-state index in [4.69, 9.17) is 58.0 Å². The first kappa shape index (κ1) is 14.3.